The molecule has 1 aromatic carbocycles. The highest BCUT2D eigenvalue weighted by Gasteiger charge is 2.19. The quantitative estimate of drug-likeness (QED) is 0.781. The van der Waals surface area contributed by atoms with E-state index in [0.29, 0.717) is 6.54 Å². The summed E-state index contributed by atoms with van der Waals surface area (Å²) in [6, 6.07) is 10.8. The molecule has 0 N–H and O–H groups in total. The molecule has 0 unspecified atom stereocenters. The number of nitriles is 1. The van der Waals surface area contributed by atoms with E-state index in [1.807, 2.05) is 30.3 Å². The maximum absolute atomic E-state index is 11.7. The number of nitrogens with zero attached hydrogens (tertiary/aromatic N) is 2. The van der Waals surface area contributed by atoms with Crippen molar-refractivity contribution in [3.63, 3.8) is 0 Å². The van der Waals surface area contributed by atoms with Crippen LogP contribution in [0.15, 0.2) is 30.3 Å². The molecule has 1 aromatic rings. The zero-order chi connectivity index (χ0) is 13.6. The number of rotatable bonds is 5. The molecule has 5 nitrogen and oxygen atoms in total. The van der Waals surface area contributed by atoms with E-state index in [1.165, 1.54) is 11.9 Å². The van der Waals surface area contributed by atoms with E-state index in [-0.39, 0.29) is 0 Å². The number of carbonyl (C=O) groups is 1. The molecule has 0 fully saturated rings. The molecule has 6 heteroatoms. The molecule has 0 heterocycles. The molecule has 0 bridgehead atoms. The van der Waals surface area contributed by atoms with Gasteiger partial charge in [-0.2, -0.15) is 5.26 Å². The topological polar surface area (TPSA) is 78.2 Å². The normalized spacial score (nSPS) is 10.7. The lowest BCUT2D eigenvalue weighted by Crippen LogP contribution is -2.32. The summed E-state index contributed by atoms with van der Waals surface area (Å²) in [5.41, 5.74) is 0.922. The SMILES string of the molecule is CN(Cc1ccccc1)C(=O)CS(=O)(=O)CC#N. The van der Waals surface area contributed by atoms with E-state index in [0.717, 1.165) is 5.56 Å². The van der Waals surface area contributed by atoms with Gasteiger partial charge in [0.25, 0.3) is 0 Å². The lowest BCUT2D eigenvalue weighted by atomic mass is 10.2. The molecular weight excluding hydrogens is 252 g/mol. The van der Waals surface area contributed by atoms with Crippen molar-refractivity contribution in [3.05, 3.63) is 35.9 Å². The average Bonchev–Trinajstić information content (AvgIpc) is 2.29. The molecule has 18 heavy (non-hydrogen) atoms. The Morgan fingerprint density at radius 3 is 2.50 bits per heavy atom. The molecule has 0 aliphatic carbocycles. The van der Waals surface area contributed by atoms with Crippen LogP contribution in [-0.4, -0.2) is 37.8 Å². The summed E-state index contributed by atoms with van der Waals surface area (Å²) in [5, 5.41) is 8.33. The van der Waals surface area contributed by atoms with Crippen LogP contribution < -0.4 is 0 Å². The average molecular weight is 266 g/mol. The van der Waals surface area contributed by atoms with Gasteiger partial charge < -0.3 is 4.90 Å². The Hall–Kier alpha value is -1.87. The zero-order valence-electron chi connectivity index (χ0n) is 10.0. The molecule has 1 rings (SSSR count). The fourth-order valence-corrected chi connectivity index (χ4v) is 2.29. The molecular formula is C12H14N2O3S. The molecule has 0 aliphatic heterocycles. The van der Waals surface area contributed by atoms with Crippen molar-refractivity contribution in [2.24, 2.45) is 0 Å². The Morgan fingerprint density at radius 1 is 1.33 bits per heavy atom. The first-order chi connectivity index (χ1) is 8.44. The van der Waals surface area contributed by atoms with E-state index in [4.69, 9.17) is 5.26 Å². The van der Waals surface area contributed by atoms with Gasteiger partial charge >= 0.3 is 0 Å². The zero-order valence-corrected chi connectivity index (χ0v) is 10.9. The van der Waals surface area contributed by atoms with E-state index in [2.05, 4.69) is 0 Å². The third-order valence-electron chi connectivity index (χ3n) is 2.32. The van der Waals surface area contributed by atoms with Gasteiger partial charge in [0.2, 0.25) is 5.91 Å². The Labute approximate surface area is 107 Å². The Kier molecular flexibility index (Phi) is 4.86. The summed E-state index contributed by atoms with van der Waals surface area (Å²) < 4.78 is 22.7. The van der Waals surface area contributed by atoms with Crippen LogP contribution in [0.1, 0.15) is 5.56 Å². The summed E-state index contributed by atoms with van der Waals surface area (Å²) in [6.07, 6.45) is 0. The van der Waals surface area contributed by atoms with Crippen molar-refractivity contribution in [2.75, 3.05) is 18.6 Å². The fraction of sp³-hybridized carbons (Fsp3) is 0.333. The molecule has 0 atom stereocenters. The summed E-state index contributed by atoms with van der Waals surface area (Å²) >= 11 is 0. The van der Waals surface area contributed by atoms with Crippen LogP contribution in [-0.2, 0) is 21.2 Å². The number of hydrogen-bond donors (Lipinski definition) is 0. The maximum Gasteiger partial charge on any atom is 0.237 e. The largest absolute Gasteiger partial charge is 0.341 e. The molecule has 1 amide bonds. The Bertz CT molecular complexity index is 546. The molecule has 96 valence electrons. The molecule has 0 radical (unpaired) electrons. The lowest BCUT2D eigenvalue weighted by molar-refractivity contribution is -0.127. The van der Waals surface area contributed by atoms with Gasteiger partial charge in [0, 0.05) is 13.6 Å². The standard InChI is InChI=1S/C12H14N2O3S/c1-14(9-11-5-3-2-4-6-11)12(15)10-18(16,17)8-7-13/h2-6H,8-10H2,1H3. The first-order valence-corrected chi connectivity index (χ1v) is 7.12. The summed E-state index contributed by atoms with van der Waals surface area (Å²) in [5.74, 6) is -1.75. The van der Waals surface area contributed by atoms with Crippen LogP contribution in [0.3, 0.4) is 0 Å². The predicted molar refractivity (Wildman–Crippen MR) is 67.2 cm³/mol. The van der Waals surface area contributed by atoms with Crippen LogP contribution >= 0.6 is 0 Å². The smallest absolute Gasteiger partial charge is 0.237 e. The predicted octanol–water partition coefficient (Wildman–Crippen LogP) is 0.583. The number of amides is 1. The van der Waals surface area contributed by atoms with Gasteiger partial charge in [-0.05, 0) is 5.56 Å². The highest BCUT2D eigenvalue weighted by atomic mass is 32.2. The molecule has 0 aliphatic rings. The summed E-state index contributed by atoms with van der Waals surface area (Å²) in [4.78, 5) is 13.0. The second-order valence-electron chi connectivity index (χ2n) is 3.93. The van der Waals surface area contributed by atoms with Gasteiger partial charge in [-0.15, -0.1) is 0 Å². The van der Waals surface area contributed by atoms with Gasteiger partial charge in [0.15, 0.2) is 9.84 Å². The number of hydrogen-bond acceptors (Lipinski definition) is 4. The van der Waals surface area contributed by atoms with Crippen LogP contribution in [0.2, 0.25) is 0 Å². The van der Waals surface area contributed by atoms with E-state index in [1.54, 1.807) is 6.07 Å². The van der Waals surface area contributed by atoms with E-state index < -0.39 is 27.3 Å². The summed E-state index contributed by atoms with van der Waals surface area (Å²) in [6.45, 7) is 0.349. The lowest BCUT2D eigenvalue weighted by Gasteiger charge is -2.16. The minimum absolute atomic E-state index is 0.349. The molecule has 0 spiro atoms. The van der Waals surface area contributed by atoms with Gasteiger partial charge in [-0.3, -0.25) is 4.79 Å². The van der Waals surface area contributed by atoms with Gasteiger partial charge in [-0.25, -0.2) is 8.42 Å². The van der Waals surface area contributed by atoms with Crippen molar-refractivity contribution < 1.29 is 13.2 Å². The first kappa shape index (κ1) is 14.2. The molecule has 0 saturated heterocycles. The van der Waals surface area contributed by atoms with Crippen LogP contribution in [0.25, 0.3) is 0 Å². The monoisotopic (exact) mass is 266 g/mol. The van der Waals surface area contributed by atoms with Gasteiger partial charge in [0.05, 0.1) is 6.07 Å². The van der Waals surface area contributed by atoms with Crippen LogP contribution in [0.4, 0.5) is 0 Å². The fourth-order valence-electron chi connectivity index (χ4n) is 1.39. The highest BCUT2D eigenvalue weighted by molar-refractivity contribution is 7.92. The van der Waals surface area contributed by atoms with Crippen molar-refractivity contribution in [1.29, 1.82) is 5.26 Å². The number of sulfone groups is 1. The molecule has 0 aromatic heterocycles. The Morgan fingerprint density at radius 2 is 1.94 bits per heavy atom. The second-order valence-corrected chi connectivity index (χ2v) is 5.99. The van der Waals surface area contributed by atoms with Crippen molar-refractivity contribution in [3.8, 4) is 6.07 Å². The summed E-state index contributed by atoms with van der Waals surface area (Å²) in [7, 11) is -2.08. The third kappa shape index (κ3) is 4.55. The van der Waals surface area contributed by atoms with E-state index >= 15 is 0 Å². The number of carbonyl (C=O) groups excluding carboxylic acids is 1. The number of benzene rings is 1. The van der Waals surface area contributed by atoms with Gasteiger partial charge in [-0.1, -0.05) is 30.3 Å². The minimum atomic E-state index is -3.62. The maximum atomic E-state index is 11.7. The Balaban J connectivity index is 2.61. The van der Waals surface area contributed by atoms with Crippen molar-refractivity contribution >= 4 is 15.7 Å². The van der Waals surface area contributed by atoms with Crippen LogP contribution in [0, 0.1) is 11.3 Å². The van der Waals surface area contributed by atoms with E-state index in [9.17, 15) is 13.2 Å². The first-order valence-electron chi connectivity index (χ1n) is 5.30. The minimum Gasteiger partial charge on any atom is -0.341 e. The van der Waals surface area contributed by atoms with Gasteiger partial charge in [0.1, 0.15) is 11.5 Å². The third-order valence-corrected chi connectivity index (χ3v) is 3.57. The van der Waals surface area contributed by atoms with Crippen molar-refractivity contribution in [1.82, 2.24) is 4.90 Å². The van der Waals surface area contributed by atoms with Crippen molar-refractivity contribution in [2.45, 2.75) is 6.54 Å². The highest BCUT2D eigenvalue weighted by Crippen LogP contribution is 2.04. The second kappa shape index (κ2) is 6.17. The molecule has 0 saturated carbocycles. The van der Waals surface area contributed by atoms with Crippen LogP contribution in [0.5, 0.6) is 0 Å².